The van der Waals surface area contributed by atoms with Gasteiger partial charge >= 0.3 is 0 Å². The predicted octanol–water partition coefficient (Wildman–Crippen LogP) is 6.79. The molecule has 0 amide bonds. The number of piperazine rings is 1. The summed E-state index contributed by atoms with van der Waals surface area (Å²) in [7, 11) is 3.39. The minimum Gasteiger partial charge on any atom is -0.493 e. The molecular formula is C36H52N4O2. The summed E-state index contributed by atoms with van der Waals surface area (Å²) in [6.07, 6.45) is 9.45. The van der Waals surface area contributed by atoms with Crippen LogP contribution in [0.25, 0.3) is 22.2 Å². The van der Waals surface area contributed by atoms with Gasteiger partial charge in [0, 0.05) is 61.8 Å². The van der Waals surface area contributed by atoms with Gasteiger partial charge in [-0.2, -0.15) is 0 Å². The third-order valence-electron chi connectivity index (χ3n) is 10.3. The third kappa shape index (κ3) is 6.51. The van der Waals surface area contributed by atoms with Crippen LogP contribution in [-0.2, 0) is 6.42 Å². The van der Waals surface area contributed by atoms with Crippen molar-refractivity contribution in [3.8, 4) is 22.8 Å². The summed E-state index contributed by atoms with van der Waals surface area (Å²) >= 11 is 0. The molecule has 3 aliphatic rings. The van der Waals surface area contributed by atoms with Gasteiger partial charge in [-0.25, -0.2) is 0 Å². The molecule has 228 valence electrons. The first-order chi connectivity index (χ1) is 20.5. The Hall–Kier alpha value is -2.54. The van der Waals surface area contributed by atoms with Crippen molar-refractivity contribution in [2.45, 2.75) is 70.8 Å². The molecule has 6 rings (SSSR count). The van der Waals surface area contributed by atoms with Crippen LogP contribution in [0.2, 0.25) is 0 Å². The number of aromatic nitrogens is 1. The zero-order chi connectivity index (χ0) is 29.1. The second kappa shape index (κ2) is 13.4. The number of benzene rings is 2. The minimum absolute atomic E-state index is 0.410. The Morgan fingerprint density at radius 3 is 2.14 bits per heavy atom. The number of methoxy groups -OCH3 is 2. The maximum Gasteiger partial charge on any atom is 0.161 e. The number of hydrogen-bond acceptors (Lipinski definition) is 5. The fourth-order valence-electron chi connectivity index (χ4n) is 7.89. The van der Waals surface area contributed by atoms with Crippen molar-refractivity contribution in [3.05, 3.63) is 47.5 Å². The van der Waals surface area contributed by atoms with E-state index in [1.807, 2.05) is 6.07 Å². The van der Waals surface area contributed by atoms with Gasteiger partial charge in [0.25, 0.3) is 0 Å². The second-order valence-corrected chi connectivity index (χ2v) is 13.3. The van der Waals surface area contributed by atoms with E-state index in [0.29, 0.717) is 5.92 Å². The van der Waals surface area contributed by atoms with Crippen LogP contribution in [0.15, 0.2) is 36.4 Å². The number of hydrogen-bond donors (Lipinski definition) is 1. The maximum absolute atomic E-state index is 5.61. The highest BCUT2D eigenvalue weighted by Gasteiger charge is 2.29. The molecule has 2 aliphatic heterocycles. The number of rotatable bonds is 10. The van der Waals surface area contributed by atoms with E-state index < -0.39 is 0 Å². The highest BCUT2D eigenvalue weighted by atomic mass is 16.5. The van der Waals surface area contributed by atoms with Crippen LogP contribution >= 0.6 is 0 Å². The standard InChI is InChI=1S/C36H52N4O2/c1-26(2)35-31-24-28(9-13-32(31)37-36(35)29-10-14-33(41-3)34(25-29)42-4)23-27-7-11-30(12-8-27)40-21-19-39(20-22-40)18-17-38-15-5-6-16-38/h9-10,13-14,24-27,30,37H,5-8,11-12,15-23H2,1-4H3. The summed E-state index contributed by atoms with van der Waals surface area (Å²) in [6.45, 7) is 14.8. The molecule has 1 aromatic heterocycles. The van der Waals surface area contributed by atoms with Gasteiger partial charge in [0.05, 0.1) is 19.9 Å². The maximum atomic E-state index is 5.61. The summed E-state index contributed by atoms with van der Waals surface area (Å²) < 4.78 is 11.1. The molecule has 2 aromatic carbocycles. The Morgan fingerprint density at radius 1 is 0.786 bits per heavy atom. The molecule has 1 aliphatic carbocycles. The normalized spacial score (nSPS) is 22.8. The molecule has 3 aromatic rings. The highest BCUT2D eigenvalue weighted by Crippen LogP contribution is 2.40. The molecule has 1 N–H and O–H groups in total. The quantitative estimate of drug-likeness (QED) is 0.290. The van der Waals surface area contributed by atoms with Crippen LogP contribution in [0.3, 0.4) is 0 Å². The Morgan fingerprint density at radius 2 is 1.48 bits per heavy atom. The summed E-state index contributed by atoms with van der Waals surface area (Å²) in [4.78, 5) is 11.9. The van der Waals surface area contributed by atoms with Crippen LogP contribution in [0.4, 0.5) is 0 Å². The van der Waals surface area contributed by atoms with E-state index in [1.54, 1.807) is 14.2 Å². The average molecular weight is 573 g/mol. The van der Waals surface area contributed by atoms with Crippen LogP contribution in [0.1, 0.15) is 69.4 Å². The molecular weight excluding hydrogens is 520 g/mol. The van der Waals surface area contributed by atoms with Crippen molar-refractivity contribution in [2.24, 2.45) is 5.92 Å². The summed E-state index contributed by atoms with van der Waals surface area (Å²) in [6, 6.07) is 14.1. The predicted molar refractivity (Wildman–Crippen MR) is 174 cm³/mol. The van der Waals surface area contributed by atoms with Gasteiger partial charge in [-0.1, -0.05) is 19.9 Å². The highest BCUT2D eigenvalue weighted by molar-refractivity contribution is 5.92. The van der Waals surface area contributed by atoms with Gasteiger partial charge in [0.1, 0.15) is 0 Å². The van der Waals surface area contributed by atoms with E-state index in [-0.39, 0.29) is 0 Å². The lowest BCUT2D eigenvalue weighted by molar-refractivity contribution is 0.0668. The molecule has 2 saturated heterocycles. The molecule has 42 heavy (non-hydrogen) atoms. The number of aromatic amines is 1. The molecule has 0 atom stereocenters. The van der Waals surface area contributed by atoms with Crippen molar-refractivity contribution >= 4 is 10.9 Å². The van der Waals surface area contributed by atoms with Gasteiger partial charge in [-0.05, 0) is 111 Å². The number of H-pyrrole nitrogens is 1. The molecule has 0 bridgehead atoms. The SMILES string of the molecule is COc1ccc(-c2[nH]c3ccc(CC4CCC(N5CCN(CCN6CCCC6)CC5)CC4)cc3c2C(C)C)cc1OC. The fourth-order valence-corrected chi connectivity index (χ4v) is 7.89. The molecule has 1 saturated carbocycles. The number of nitrogens with one attached hydrogen (secondary N) is 1. The monoisotopic (exact) mass is 572 g/mol. The van der Waals surface area contributed by atoms with E-state index in [9.17, 15) is 0 Å². The summed E-state index contributed by atoms with van der Waals surface area (Å²) in [5.74, 6) is 2.73. The minimum atomic E-state index is 0.410. The van der Waals surface area contributed by atoms with E-state index in [0.717, 1.165) is 29.0 Å². The average Bonchev–Trinajstić information content (AvgIpc) is 3.68. The van der Waals surface area contributed by atoms with E-state index in [4.69, 9.17) is 9.47 Å². The number of likely N-dealkylation sites (tertiary alicyclic amines) is 1. The van der Waals surface area contributed by atoms with Gasteiger partial charge in [0.2, 0.25) is 0 Å². The number of ether oxygens (including phenoxy) is 2. The first-order valence-electron chi connectivity index (χ1n) is 16.6. The Labute approximate surface area is 253 Å². The molecule has 6 nitrogen and oxygen atoms in total. The van der Waals surface area contributed by atoms with Crippen molar-refractivity contribution in [3.63, 3.8) is 0 Å². The molecule has 0 unspecified atom stereocenters. The van der Waals surface area contributed by atoms with Crippen LogP contribution in [0.5, 0.6) is 11.5 Å². The zero-order valence-electron chi connectivity index (χ0n) is 26.5. The Bertz CT molecular complexity index is 1310. The van der Waals surface area contributed by atoms with Gasteiger partial charge < -0.3 is 19.4 Å². The summed E-state index contributed by atoms with van der Waals surface area (Å²) in [5.41, 5.74) is 6.42. The lowest BCUT2D eigenvalue weighted by atomic mass is 9.81. The van der Waals surface area contributed by atoms with Gasteiger partial charge in [-0.3, -0.25) is 9.80 Å². The van der Waals surface area contributed by atoms with E-state index in [2.05, 4.69) is 63.9 Å². The molecule has 0 spiro atoms. The first kappa shape index (κ1) is 29.5. The summed E-state index contributed by atoms with van der Waals surface area (Å²) in [5, 5.41) is 1.36. The third-order valence-corrected chi connectivity index (χ3v) is 10.3. The van der Waals surface area contributed by atoms with Crippen LogP contribution < -0.4 is 9.47 Å². The van der Waals surface area contributed by atoms with Crippen LogP contribution in [0, 0.1) is 5.92 Å². The molecule has 6 heteroatoms. The van der Waals surface area contributed by atoms with Crippen molar-refractivity contribution in [2.75, 3.05) is 66.6 Å². The number of nitrogens with zero attached hydrogens (tertiary/aromatic N) is 3. The number of fused-ring (bicyclic) bond motifs is 1. The lowest BCUT2D eigenvalue weighted by Gasteiger charge is -2.42. The largest absolute Gasteiger partial charge is 0.493 e. The topological polar surface area (TPSA) is 44.0 Å². The lowest BCUT2D eigenvalue weighted by Crippen LogP contribution is -2.52. The second-order valence-electron chi connectivity index (χ2n) is 13.3. The smallest absolute Gasteiger partial charge is 0.161 e. The zero-order valence-corrected chi connectivity index (χ0v) is 26.5. The van der Waals surface area contributed by atoms with E-state index in [1.165, 1.54) is 125 Å². The van der Waals surface area contributed by atoms with Gasteiger partial charge in [-0.15, -0.1) is 0 Å². The van der Waals surface area contributed by atoms with Gasteiger partial charge in [0.15, 0.2) is 11.5 Å². The fraction of sp³-hybridized carbons (Fsp3) is 0.611. The molecule has 3 heterocycles. The van der Waals surface area contributed by atoms with Crippen molar-refractivity contribution in [1.29, 1.82) is 0 Å². The van der Waals surface area contributed by atoms with Crippen LogP contribution in [-0.4, -0.2) is 92.3 Å². The molecule has 3 fully saturated rings. The van der Waals surface area contributed by atoms with Crippen molar-refractivity contribution in [1.82, 2.24) is 19.7 Å². The van der Waals surface area contributed by atoms with E-state index >= 15 is 0 Å². The Balaban J connectivity index is 1.06. The molecule has 0 radical (unpaired) electrons. The Kier molecular flexibility index (Phi) is 9.42. The van der Waals surface area contributed by atoms with Crippen molar-refractivity contribution < 1.29 is 9.47 Å². The first-order valence-corrected chi connectivity index (χ1v) is 16.6.